The maximum atomic E-state index is 12.2. The Labute approximate surface area is 174 Å². The van der Waals surface area contributed by atoms with Crippen molar-refractivity contribution in [2.24, 2.45) is 11.8 Å². The number of carbonyl (C=O) groups is 1. The molecule has 0 aliphatic rings. The van der Waals surface area contributed by atoms with Gasteiger partial charge in [0.25, 0.3) is 0 Å². The fourth-order valence-corrected chi connectivity index (χ4v) is 4.21. The summed E-state index contributed by atoms with van der Waals surface area (Å²) in [5.41, 5.74) is 1.36. The SMILES string of the molecule is CCCCC(CC)CC(CC(C)(c1ccc(O)cc1)c1ccc(O)cc1)C(=O)O. The Balaban J connectivity index is 2.39. The van der Waals surface area contributed by atoms with Crippen molar-refractivity contribution in [1.29, 1.82) is 0 Å². The van der Waals surface area contributed by atoms with Crippen LogP contribution in [0.4, 0.5) is 0 Å². The van der Waals surface area contributed by atoms with Crippen molar-refractivity contribution in [1.82, 2.24) is 0 Å². The maximum absolute atomic E-state index is 12.2. The molecule has 2 unspecified atom stereocenters. The molecule has 0 saturated heterocycles. The second-order valence-corrected chi connectivity index (χ2v) is 8.32. The Kier molecular flexibility index (Phi) is 8.12. The normalized spacial score (nSPS) is 13.8. The van der Waals surface area contributed by atoms with Gasteiger partial charge < -0.3 is 15.3 Å². The van der Waals surface area contributed by atoms with Gasteiger partial charge in [0.1, 0.15) is 11.5 Å². The second kappa shape index (κ2) is 10.3. The number of hydrogen-bond acceptors (Lipinski definition) is 3. The average molecular weight is 399 g/mol. The van der Waals surface area contributed by atoms with Crippen molar-refractivity contribution in [3.8, 4) is 11.5 Å². The van der Waals surface area contributed by atoms with Gasteiger partial charge in [-0.1, -0.05) is 70.7 Å². The van der Waals surface area contributed by atoms with E-state index in [9.17, 15) is 20.1 Å². The fourth-order valence-electron chi connectivity index (χ4n) is 4.21. The zero-order valence-corrected chi connectivity index (χ0v) is 17.8. The van der Waals surface area contributed by atoms with Gasteiger partial charge in [-0.25, -0.2) is 0 Å². The molecule has 3 N–H and O–H groups in total. The molecule has 0 aliphatic heterocycles. The van der Waals surface area contributed by atoms with Gasteiger partial charge in [0.05, 0.1) is 5.92 Å². The van der Waals surface area contributed by atoms with Crippen LogP contribution in [0.5, 0.6) is 11.5 Å². The first-order valence-corrected chi connectivity index (χ1v) is 10.6. The van der Waals surface area contributed by atoms with Crippen LogP contribution in [-0.2, 0) is 10.2 Å². The molecule has 0 amide bonds. The van der Waals surface area contributed by atoms with Gasteiger partial charge in [0.15, 0.2) is 0 Å². The molecule has 0 fully saturated rings. The van der Waals surface area contributed by atoms with Gasteiger partial charge in [0.2, 0.25) is 0 Å². The van der Waals surface area contributed by atoms with E-state index in [1.165, 1.54) is 0 Å². The summed E-state index contributed by atoms with van der Waals surface area (Å²) >= 11 is 0. The number of rotatable bonds is 11. The number of benzene rings is 2. The van der Waals surface area contributed by atoms with Crippen LogP contribution < -0.4 is 0 Å². The molecule has 29 heavy (non-hydrogen) atoms. The summed E-state index contributed by atoms with van der Waals surface area (Å²) in [4.78, 5) is 12.2. The van der Waals surface area contributed by atoms with E-state index in [4.69, 9.17) is 0 Å². The molecule has 4 heteroatoms. The van der Waals surface area contributed by atoms with Crippen LogP contribution in [0.2, 0.25) is 0 Å². The van der Waals surface area contributed by atoms with E-state index in [0.29, 0.717) is 18.8 Å². The lowest BCUT2D eigenvalue weighted by molar-refractivity contribution is -0.143. The van der Waals surface area contributed by atoms with Crippen LogP contribution in [0.15, 0.2) is 48.5 Å². The summed E-state index contributed by atoms with van der Waals surface area (Å²) in [6.45, 7) is 6.35. The Bertz CT molecular complexity index is 719. The standard InChI is InChI=1S/C25H34O4/c1-4-6-7-18(5-2)16-19(24(28)29)17-25(3,20-8-12-22(26)13-9-20)21-10-14-23(27)15-11-21/h8-15,18-19,26-27H,4-7,16-17H2,1-3H3,(H,28,29). The molecular weight excluding hydrogens is 364 g/mol. The van der Waals surface area contributed by atoms with E-state index in [0.717, 1.165) is 36.8 Å². The molecule has 0 bridgehead atoms. The largest absolute Gasteiger partial charge is 0.508 e. The topological polar surface area (TPSA) is 77.8 Å². The Hall–Kier alpha value is -2.49. The third kappa shape index (κ3) is 5.99. The zero-order chi connectivity index (χ0) is 21.4. The minimum atomic E-state index is -0.760. The molecule has 2 aromatic carbocycles. The van der Waals surface area contributed by atoms with Crippen LogP contribution in [0.25, 0.3) is 0 Å². The van der Waals surface area contributed by atoms with E-state index in [1.54, 1.807) is 24.3 Å². The minimum absolute atomic E-state index is 0.183. The van der Waals surface area contributed by atoms with Crippen molar-refractivity contribution in [3.05, 3.63) is 59.7 Å². The highest BCUT2D eigenvalue weighted by Gasteiger charge is 2.35. The first-order chi connectivity index (χ1) is 13.8. The van der Waals surface area contributed by atoms with Crippen molar-refractivity contribution in [3.63, 3.8) is 0 Å². The van der Waals surface area contributed by atoms with Crippen molar-refractivity contribution in [2.75, 3.05) is 0 Å². The van der Waals surface area contributed by atoms with Crippen molar-refractivity contribution >= 4 is 5.97 Å². The zero-order valence-electron chi connectivity index (χ0n) is 17.8. The van der Waals surface area contributed by atoms with Crippen LogP contribution in [0, 0.1) is 11.8 Å². The van der Waals surface area contributed by atoms with Gasteiger partial charge >= 0.3 is 5.97 Å². The molecule has 2 rings (SSSR count). The van der Waals surface area contributed by atoms with Gasteiger partial charge in [-0.3, -0.25) is 4.79 Å². The van der Waals surface area contributed by atoms with E-state index in [1.807, 2.05) is 24.3 Å². The van der Waals surface area contributed by atoms with Crippen LogP contribution >= 0.6 is 0 Å². The van der Waals surface area contributed by atoms with Crippen molar-refractivity contribution < 1.29 is 20.1 Å². The highest BCUT2D eigenvalue weighted by molar-refractivity contribution is 5.70. The molecule has 0 saturated carbocycles. The summed E-state index contributed by atoms with van der Waals surface area (Å²) in [5.74, 6) is -0.461. The quantitative estimate of drug-likeness (QED) is 0.427. The molecule has 0 heterocycles. The second-order valence-electron chi connectivity index (χ2n) is 8.32. The number of unbranched alkanes of at least 4 members (excludes halogenated alkanes) is 1. The Morgan fingerprint density at radius 2 is 1.41 bits per heavy atom. The highest BCUT2D eigenvalue weighted by Crippen LogP contribution is 2.41. The summed E-state index contributed by atoms with van der Waals surface area (Å²) in [6.07, 6.45) is 5.41. The Morgan fingerprint density at radius 1 is 0.931 bits per heavy atom. The monoisotopic (exact) mass is 398 g/mol. The first-order valence-electron chi connectivity index (χ1n) is 10.6. The van der Waals surface area contributed by atoms with Gasteiger partial charge in [-0.15, -0.1) is 0 Å². The smallest absolute Gasteiger partial charge is 0.306 e. The predicted octanol–water partition coefficient (Wildman–Crippen LogP) is 6.10. The van der Waals surface area contributed by atoms with Gasteiger partial charge in [0, 0.05) is 5.41 Å². The molecule has 4 nitrogen and oxygen atoms in total. The third-order valence-corrected chi connectivity index (χ3v) is 6.17. The summed E-state index contributed by atoms with van der Waals surface area (Å²) in [6, 6.07) is 14.0. The van der Waals surface area contributed by atoms with Gasteiger partial charge in [-0.2, -0.15) is 0 Å². The van der Waals surface area contributed by atoms with Crippen molar-refractivity contribution in [2.45, 2.75) is 64.7 Å². The average Bonchev–Trinajstić information content (AvgIpc) is 2.70. The fraction of sp³-hybridized carbons (Fsp3) is 0.480. The molecule has 2 atom stereocenters. The lowest BCUT2D eigenvalue weighted by Crippen LogP contribution is -2.31. The first kappa shape index (κ1) is 22.8. The lowest BCUT2D eigenvalue weighted by atomic mass is 9.69. The lowest BCUT2D eigenvalue weighted by Gasteiger charge is -2.34. The van der Waals surface area contributed by atoms with Crippen LogP contribution in [0.1, 0.15) is 70.4 Å². The van der Waals surface area contributed by atoms with E-state index in [-0.39, 0.29) is 11.5 Å². The molecule has 0 aliphatic carbocycles. The van der Waals surface area contributed by atoms with Crippen LogP contribution in [-0.4, -0.2) is 21.3 Å². The molecule has 2 aromatic rings. The third-order valence-electron chi connectivity index (χ3n) is 6.17. The van der Waals surface area contributed by atoms with E-state index >= 15 is 0 Å². The highest BCUT2D eigenvalue weighted by atomic mass is 16.4. The number of carboxylic acids is 1. The summed E-state index contributed by atoms with van der Waals surface area (Å²) < 4.78 is 0. The number of phenolic OH excluding ortho intramolecular Hbond substituents is 2. The number of aliphatic carboxylic acids is 1. The van der Waals surface area contributed by atoms with E-state index in [2.05, 4.69) is 20.8 Å². The Morgan fingerprint density at radius 3 is 1.79 bits per heavy atom. The van der Waals surface area contributed by atoms with Crippen LogP contribution in [0.3, 0.4) is 0 Å². The number of aromatic hydroxyl groups is 2. The minimum Gasteiger partial charge on any atom is -0.508 e. The number of carboxylic acid groups (broad SMARTS) is 1. The van der Waals surface area contributed by atoms with Gasteiger partial charge in [-0.05, 0) is 54.2 Å². The number of hydrogen-bond donors (Lipinski definition) is 3. The molecule has 0 spiro atoms. The molecule has 0 aromatic heterocycles. The molecule has 0 radical (unpaired) electrons. The summed E-state index contributed by atoms with van der Waals surface area (Å²) in [7, 11) is 0. The number of phenols is 2. The van der Waals surface area contributed by atoms with E-state index < -0.39 is 17.3 Å². The molecule has 158 valence electrons. The predicted molar refractivity (Wildman–Crippen MR) is 116 cm³/mol. The maximum Gasteiger partial charge on any atom is 0.306 e. The molecular formula is C25H34O4. The summed E-state index contributed by atoms with van der Waals surface area (Å²) in [5, 5.41) is 29.4.